The molecular formula is C13H16O. The van der Waals surface area contributed by atoms with Crippen molar-refractivity contribution in [3.8, 4) is 11.8 Å². The van der Waals surface area contributed by atoms with Crippen LogP contribution in [0.5, 0.6) is 0 Å². The van der Waals surface area contributed by atoms with Crippen molar-refractivity contribution in [2.75, 3.05) is 6.61 Å². The van der Waals surface area contributed by atoms with E-state index >= 15 is 0 Å². The third-order valence-electron chi connectivity index (χ3n) is 1.34. The van der Waals surface area contributed by atoms with Gasteiger partial charge in [-0.25, -0.2) is 0 Å². The second kappa shape index (κ2) is 7.94. The van der Waals surface area contributed by atoms with E-state index in [9.17, 15) is 0 Å². The fraction of sp³-hybridized carbons (Fsp3) is 0.231. The molecule has 0 amide bonds. The van der Waals surface area contributed by atoms with E-state index in [1.54, 1.807) is 18.2 Å². The van der Waals surface area contributed by atoms with Gasteiger partial charge in [0.1, 0.15) is 0 Å². The first-order chi connectivity index (χ1) is 6.74. The Bertz CT molecular complexity index is 308. The highest BCUT2D eigenvalue weighted by molar-refractivity contribution is 5.40. The van der Waals surface area contributed by atoms with Gasteiger partial charge in [-0.3, -0.25) is 0 Å². The van der Waals surface area contributed by atoms with Crippen molar-refractivity contribution in [2.24, 2.45) is 0 Å². The molecule has 0 aromatic rings. The molecule has 0 bridgehead atoms. The summed E-state index contributed by atoms with van der Waals surface area (Å²) in [5.74, 6) is 6.44. The van der Waals surface area contributed by atoms with Crippen LogP contribution in [0.15, 0.2) is 48.8 Å². The zero-order valence-electron chi connectivity index (χ0n) is 8.84. The number of allylic oxidation sites excluding steroid dienone is 6. The molecule has 0 atom stereocenters. The van der Waals surface area contributed by atoms with E-state index in [0.717, 1.165) is 5.57 Å². The molecule has 0 rings (SSSR count). The van der Waals surface area contributed by atoms with E-state index < -0.39 is 0 Å². The molecule has 14 heavy (non-hydrogen) atoms. The van der Waals surface area contributed by atoms with E-state index in [-0.39, 0.29) is 0 Å². The van der Waals surface area contributed by atoms with Crippen LogP contribution < -0.4 is 0 Å². The largest absolute Gasteiger partial charge is 0.486 e. The molecule has 74 valence electrons. The molecule has 0 unspecified atom stereocenters. The second-order valence-corrected chi connectivity index (χ2v) is 2.46. The van der Waals surface area contributed by atoms with Crippen LogP contribution in [0, 0.1) is 11.8 Å². The molecule has 0 aliphatic carbocycles. The molecule has 0 saturated carbocycles. The van der Waals surface area contributed by atoms with Crippen molar-refractivity contribution in [3.05, 3.63) is 48.8 Å². The van der Waals surface area contributed by atoms with Gasteiger partial charge in [0.25, 0.3) is 0 Å². The van der Waals surface area contributed by atoms with Crippen LogP contribution in [0.1, 0.15) is 13.8 Å². The minimum absolute atomic E-state index is 0.628. The zero-order chi connectivity index (χ0) is 10.8. The molecule has 0 aliphatic rings. The Balaban J connectivity index is 4.33. The first-order valence-electron chi connectivity index (χ1n) is 4.53. The van der Waals surface area contributed by atoms with E-state index in [0.29, 0.717) is 12.4 Å². The van der Waals surface area contributed by atoms with Crippen LogP contribution >= 0.6 is 0 Å². The summed E-state index contributed by atoms with van der Waals surface area (Å²) in [6.07, 6.45) is 7.12. The molecule has 0 fully saturated rings. The quantitative estimate of drug-likeness (QED) is 0.374. The molecule has 1 heteroatoms. The highest BCUT2D eigenvalue weighted by Gasteiger charge is 1.86. The fourth-order valence-corrected chi connectivity index (χ4v) is 0.715. The third-order valence-corrected chi connectivity index (χ3v) is 1.34. The second-order valence-electron chi connectivity index (χ2n) is 2.46. The van der Waals surface area contributed by atoms with Crippen molar-refractivity contribution < 1.29 is 4.74 Å². The topological polar surface area (TPSA) is 9.23 Å². The first kappa shape index (κ1) is 12.3. The van der Waals surface area contributed by atoms with Crippen LogP contribution in [0.2, 0.25) is 0 Å². The molecule has 0 heterocycles. The predicted octanol–water partition coefficient (Wildman–Crippen LogP) is 3.23. The summed E-state index contributed by atoms with van der Waals surface area (Å²) in [6, 6.07) is 0. The number of hydrogen-bond donors (Lipinski definition) is 0. The van der Waals surface area contributed by atoms with Gasteiger partial charge in [0.15, 0.2) is 5.76 Å². The van der Waals surface area contributed by atoms with Crippen LogP contribution in [0.3, 0.4) is 0 Å². The summed E-state index contributed by atoms with van der Waals surface area (Å²) in [7, 11) is 0. The lowest BCUT2D eigenvalue weighted by Gasteiger charge is -1.98. The van der Waals surface area contributed by atoms with Crippen LogP contribution in [-0.2, 0) is 4.74 Å². The van der Waals surface area contributed by atoms with Gasteiger partial charge in [-0.1, -0.05) is 31.2 Å². The van der Waals surface area contributed by atoms with Gasteiger partial charge in [-0.2, -0.15) is 0 Å². The molecule has 1 nitrogen and oxygen atoms in total. The van der Waals surface area contributed by atoms with Crippen molar-refractivity contribution in [3.63, 3.8) is 0 Å². The van der Waals surface area contributed by atoms with Gasteiger partial charge < -0.3 is 4.74 Å². The van der Waals surface area contributed by atoms with Gasteiger partial charge in [-0.05, 0) is 31.9 Å². The molecular weight excluding hydrogens is 172 g/mol. The highest BCUT2D eigenvalue weighted by atomic mass is 16.5. The van der Waals surface area contributed by atoms with Gasteiger partial charge in [0, 0.05) is 5.57 Å². The average Bonchev–Trinajstić information content (AvgIpc) is 2.21. The van der Waals surface area contributed by atoms with E-state index in [1.165, 1.54) is 0 Å². The highest BCUT2D eigenvalue weighted by Crippen LogP contribution is 1.96. The van der Waals surface area contributed by atoms with Crippen LogP contribution in [0.25, 0.3) is 0 Å². The molecule has 0 aromatic heterocycles. The Morgan fingerprint density at radius 1 is 1.43 bits per heavy atom. The zero-order valence-corrected chi connectivity index (χ0v) is 8.84. The predicted molar refractivity (Wildman–Crippen MR) is 61.6 cm³/mol. The monoisotopic (exact) mass is 188 g/mol. The van der Waals surface area contributed by atoms with Crippen molar-refractivity contribution in [2.45, 2.75) is 13.8 Å². The Morgan fingerprint density at radius 2 is 2.14 bits per heavy atom. The summed E-state index contributed by atoms with van der Waals surface area (Å²) in [5, 5.41) is 0. The van der Waals surface area contributed by atoms with Crippen molar-refractivity contribution in [1.29, 1.82) is 0 Å². The SMILES string of the molecule is C=C/C=C\C(=C)C#C/C(=C/C)OCC. The number of hydrogen-bond acceptors (Lipinski definition) is 1. The Morgan fingerprint density at radius 3 is 2.64 bits per heavy atom. The summed E-state index contributed by atoms with van der Waals surface area (Å²) in [6.45, 7) is 11.8. The minimum Gasteiger partial charge on any atom is -0.486 e. The summed E-state index contributed by atoms with van der Waals surface area (Å²) in [4.78, 5) is 0. The number of rotatable bonds is 4. The normalized spacial score (nSPS) is 10.6. The molecule has 0 radical (unpaired) electrons. The molecule has 0 spiro atoms. The fourth-order valence-electron chi connectivity index (χ4n) is 0.715. The maximum absolute atomic E-state index is 5.25. The van der Waals surface area contributed by atoms with Gasteiger partial charge in [-0.15, -0.1) is 0 Å². The lowest BCUT2D eigenvalue weighted by Crippen LogP contribution is -1.87. The van der Waals surface area contributed by atoms with Crippen molar-refractivity contribution >= 4 is 0 Å². The summed E-state index contributed by atoms with van der Waals surface area (Å²) >= 11 is 0. The van der Waals surface area contributed by atoms with E-state index in [4.69, 9.17) is 4.74 Å². The lowest BCUT2D eigenvalue weighted by molar-refractivity contribution is 0.245. The molecule has 0 saturated heterocycles. The summed E-state index contributed by atoms with van der Waals surface area (Å²) in [5.41, 5.74) is 0.740. The van der Waals surface area contributed by atoms with E-state index in [1.807, 2.05) is 19.9 Å². The minimum atomic E-state index is 0.628. The Labute approximate surface area is 86.5 Å². The maximum atomic E-state index is 5.25. The van der Waals surface area contributed by atoms with Crippen LogP contribution in [0.4, 0.5) is 0 Å². The van der Waals surface area contributed by atoms with Crippen LogP contribution in [-0.4, -0.2) is 6.61 Å². The Kier molecular flexibility index (Phi) is 6.99. The van der Waals surface area contributed by atoms with Gasteiger partial charge >= 0.3 is 0 Å². The standard InChI is InChI=1S/C13H16O/c1-5-8-9-12(4)10-11-13(6-2)14-7-3/h5-6,8-9H,1,4,7H2,2-3H3/b9-8-,13-6-. The molecule has 0 aromatic carbocycles. The maximum Gasteiger partial charge on any atom is 0.166 e. The average molecular weight is 188 g/mol. The Hall–Kier alpha value is -1.68. The van der Waals surface area contributed by atoms with Crippen molar-refractivity contribution in [1.82, 2.24) is 0 Å². The molecule has 0 N–H and O–H groups in total. The summed E-state index contributed by atoms with van der Waals surface area (Å²) < 4.78 is 5.25. The van der Waals surface area contributed by atoms with Gasteiger partial charge in [0.05, 0.1) is 6.61 Å². The lowest BCUT2D eigenvalue weighted by atomic mass is 10.2. The first-order valence-corrected chi connectivity index (χ1v) is 4.53. The van der Waals surface area contributed by atoms with Gasteiger partial charge in [0.2, 0.25) is 0 Å². The molecule has 0 aliphatic heterocycles. The van der Waals surface area contributed by atoms with E-state index in [2.05, 4.69) is 25.0 Å². The third kappa shape index (κ3) is 5.91. The number of ether oxygens (including phenoxy) is 1. The smallest absolute Gasteiger partial charge is 0.166 e.